The highest BCUT2D eigenvalue weighted by molar-refractivity contribution is 5.70. The van der Waals surface area contributed by atoms with Crippen LogP contribution in [0, 0.1) is 0 Å². The summed E-state index contributed by atoms with van der Waals surface area (Å²) in [6, 6.07) is 0. The third-order valence-electron chi connectivity index (χ3n) is 4.07. The summed E-state index contributed by atoms with van der Waals surface area (Å²) >= 11 is 0. The number of hydrogen-bond donors (Lipinski definition) is 1. The molecule has 3 heterocycles. The van der Waals surface area contributed by atoms with Crippen LogP contribution in [0.5, 0.6) is 0 Å². The van der Waals surface area contributed by atoms with E-state index in [0.29, 0.717) is 44.1 Å². The van der Waals surface area contributed by atoms with E-state index in [1.807, 2.05) is 4.57 Å². The highest BCUT2D eigenvalue weighted by atomic mass is 16.5. The largest absolute Gasteiger partial charge is 0.383 e. The van der Waals surface area contributed by atoms with Gasteiger partial charge < -0.3 is 14.0 Å². The molecule has 9 nitrogen and oxygen atoms in total. The van der Waals surface area contributed by atoms with Gasteiger partial charge in [0, 0.05) is 33.8 Å². The maximum absolute atomic E-state index is 12.2. The molecule has 1 aliphatic heterocycles. The summed E-state index contributed by atoms with van der Waals surface area (Å²) in [6.07, 6.45) is 0. The van der Waals surface area contributed by atoms with Crippen LogP contribution < -0.4 is 11.2 Å². The summed E-state index contributed by atoms with van der Waals surface area (Å²) < 4.78 is 13.7. The van der Waals surface area contributed by atoms with E-state index in [4.69, 9.17) is 9.47 Å². The molecule has 126 valence electrons. The molecular formula is C14H21N5O4. The van der Waals surface area contributed by atoms with E-state index in [2.05, 4.69) is 14.9 Å². The van der Waals surface area contributed by atoms with Crippen molar-refractivity contribution in [1.82, 2.24) is 24.0 Å². The average molecular weight is 323 g/mol. The van der Waals surface area contributed by atoms with Crippen molar-refractivity contribution in [3.05, 3.63) is 26.7 Å². The van der Waals surface area contributed by atoms with Gasteiger partial charge in [0.25, 0.3) is 5.56 Å². The number of morpholine rings is 1. The van der Waals surface area contributed by atoms with E-state index in [1.54, 1.807) is 14.2 Å². The molecule has 0 amide bonds. The Bertz CT molecular complexity index is 800. The first-order chi connectivity index (χ1) is 11.1. The number of ether oxygens (including phenoxy) is 2. The number of imidazole rings is 1. The Kier molecular flexibility index (Phi) is 4.60. The van der Waals surface area contributed by atoms with Gasteiger partial charge >= 0.3 is 5.69 Å². The smallest absolute Gasteiger partial charge is 0.329 e. The van der Waals surface area contributed by atoms with Gasteiger partial charge in [0.1, 0.15) is 5.82 Å². The predicted octanol–water partition coefficient (Wildman–Crippen LogP) is -1.10. The molecule has 0 atom stereocenters. The number of aromatic amines is 1. The Labute approximate surface area is 132 Å². The molecule has 2 aromatic heterocycles. The first-order valence-electron chi connectivity index (χ1n) is 7.59. The van der Waals surface area contributed by atoms with Gasteiger partial charge in [-0.25, -0.2) is 9.78 Å². The molecule has 1 saturated heterocycles. The van der Waals surface area contributed by atoms with E-state index in [-0.39, 0.29) is 0 Å². The number of aromatic nitrogens is 4. The minimum atomic E-state index is -0.461. The van der Waals surface area contributed by atoms with Gasteiger partial charge in [-0.2, -0.15) is 0 Å². The monoisotopic (exact) mass is 323 g/mol. The van der Waals surface area contributed by atoms with Gasteiger partial charge in [0.05, 0.1) is 26.4 Å². The highest BCUT2D eigenvalue weighted by Crippen LogP contribution is 2.13. The van der Waals surface area contributed by atoms with Crippen molar-refractivity contribution in [2.24, 2.45) is 7.05 Å². The Morgan fingerprint density at radius 3 is 2.74 bits per heavy atom. The second kappa shape index (κ2) is 6.65. The molecule has 2 aromatic rings. The van der Waals surface area contributed by atoms with Gasteiger partial charge in [0.2, 0.25) is 0 Å². The summed E-state index contributed by atoms with van der Waals surface area (Å²) in [7, 11) is 3.22. The number of hydrogen-bond acceptors (Lipinski definition) is 6. The molecule has 0 aromatic carbocycles. The van der Waals surface area contributed by atoms with Gasteiger partial charge in [-0.15, -0.1) is 0 Å². The maximum Gasteiger partial charge on any atom is 0.329 e. The molecule has 1 aliphatic rings. The molecule has 0 unspecified atom stereocenters. The molecule has 0 spiro atoms. The van der Waals surface area contributed by atoms with E-state index in [9.17, 15) is 9.59 Å². The minimum Gasteiger partial charge on any atom is -0.383 e. The molecule has 0 aliphatic carbocycles. The first kappa shape index (κ1) is 15.9. The minimum absolute atomic E-state index is 0.401. The Balaban J connectivity index is 2.07. The second-order valence-electron chi connectivity index (χ2n) is 5.55. The van der Waals surface area contributed by atoms with Crippen molar-refractivity contribution in [3.63, 3.8) is 0 Å². The van der Waals surface area contributed by atoms with Crippen LogP contribution in [-0.2, 0) is 29.6 Å². The van der Waals surface area contributed by atoms with Crippen LogP contribution in [0.2, 0.25) is 0 Å². The van der Waals surface area contributed by atoms with Crippen molar-refractivity contribution in [1.29, 1.82) is 0 Å². The Morgan fingerprint density at radius 1 is 1.30 bits per heavy atom. The lowest BCUT2D eigenvalue weighted by Gasteiger charge is -2.26. The van der Waals surface area contributed by atoms with Gasteiger partial charge in [-0.1, -0.05) is 0 Å². The van der Waals surface area contributed by atoms with Crippen LogP contribution in [0.1, 0.15) is 5.82 Å². The SMILES string of the molecule is COCCn1c(CN2CCOCC2)nc2c1c(=O)[nH]c(=O)n2C. The van der Waals surface area contributed by atoms with Crippen molar-refractivity contribution in [3.8, 4) is 0 Å². The van der Waals surface area contributed by atoms with Crippen molar-refractivity contribution in [2.75, 3.05) is 40.0 Å². The summed E-state index contributed by atoms with van der Waals surface area (Å²) in [6.45, 7) is 4.60. The number of fused-ring (bicyclic) bond motifs is 1. The second-order valence-corrected chi connectivity index (χ2v) is 5.55. The third-order valence-corrected chi connectivity index (χ3v) is 4.07. The molecule has 9 heteroatoms. The number of aryl methyl sites for hydroxylation is 1. The van der Waals surface area contributed by atoms with Gasteiger partial charge in [-0.05, 0) is 0 Å². The topological polar surface area (TPSA) is 94.4 Å². The first-order valence-corrected chi connectivity index (χ1v) is 7.59. The zero-order chi connectivity index (χ0) is 16.4. The number of rotatable bonds is 5. The number of nitrogens with zero attached hydrogens (tertiary/aromatic N) is 4. The van der Waals surface area contributed by atoms with E-state index < -0.39 is 11.2 Å². The number of methoxy groups -OCH3 is 1. The van der Waals surface area contributed by atoms with Gasteiger partial charge in [0.15, 0.2) is 11.2 Å². The van der Waals surface area contributed by atoms with Crippen molar-refractivity contribution < 1.29 is 9.47 Å². The quantitative estimate of drug-likeness (QED) is 0.751. The number of nitrogens with one attached hydrogen (secondary N) is 1. The predicted molar refractivity (Wildman–Crippen MR) is 83.6 cm³/mol. The molecule has 3 rings (SSSR count). The van der Waals surface area contributed by atoms with Crippen LogP contribution in [0.4, 0.5) is 0 Å². The zero-order valence-corrected chi connectivity index (χ0v) is 13.4. The Hall–Kier alpha value is -1.97. The highest BCUT2D eigenvalue weighted by Gasteiger charge is 2.20. The van der Waals surface area contributed by atoms with Crippen LogP contribution in [-0.4, -0.2) is 64.0 Å². The normalized spacial score (nSPS) is 16.3. The zero-order valence-electron chi connectivity index (χ0n) is 13.4. The van der Waals surface area contributed by atoms with Crippen LogP contribution in [0.25, 0.3) is 11.2 Å². The van der Waals surface area contributed by atoms with E-state index in [1.165, 1.54) is 4.57 Å². The van der Waals surface area contributed by atoms with Crippen LogP contribution in [0.15, 0.2) is 9.59 Å². The van der Waals surface area contributed by atoms with E-state index in [0.717, 1.165) is 18.9 Å². The van der Waals surface area contributed by atoms with Gasteiger partial charge in [-0.3, -0.25) is 19.2 Å². The summed E-state index contributed by atoms with van der Waals surface area (Å²) in [5, 5.41) is 0. The molecule has 1 N–H and O–H groups in total. The molecule has 1 fully saturated rings. The lowest BCUT2D eigenvalue weighted by molar-refractivity contribution is 0.0325. The van der Waals surface area contributed by atoms with E-state index >= 15 is 0 Å². The molecule has 0 saturated carbocycles. The fourth-order valence-electron chi connectivity index (χ4n) is 2.78. The van der Waals surface area contributed by atoms with Crippen molar-refractivity contribution in [2.45, 2.75) is 13.1 Å². The molecule has 0 bridgehead atoms. The Morgan fingerprint density at radius 2 is 2.04 bits per heavy atom. The average Bonchev–Trinajstić information content (AvgIpc) is 2.90. The maximum atomic E-state index is 12.2. The lowest BCUT2D eigenvalue weighted by Crippen LogP contribution is -2.36. The summed E-state index contributed by atoms with van der Waals surface area (Å²) in [5.74, 6) is 0.755. The fraction of sp³-hybridized carbons (Fsp3) is 0.643. The molecule has 23 heavy (non-hydrogen) atoms. The van der Waals surface area contributed by atoms with Crippen molar-refractivity contribution >= 4 is 11.2 Å². The molecular weight excluding hydrogens is 302 g/mol. The third kappa shape index (κ3) is 3.07. The van der Waals surface area contributed by atoms with Crippen LogP contribution in [0.3, 0.4) is 0 Å². The summed E-state index contributed by atoms with van der Waals surface area (Å²) in [4.78, 5) is 33.1. The lowest BCUT2D eigenvalue weighted by atomic mass is 10.4. The standard InChI is InChI=1S/C14H21N5O4/c1-17-12-11(13(20)16-14(17)21)19(5-6-22-2)10(15-12)9-18-3-7-23-8-4-18/h3-9H2,1-2H3,(H,16,20,21). The summed E-state index contributed by atoms with van der Waals surface area (Å²) in [5.41, 5.74) is -0.0673. The molecule has 0 radical (unpaired) electrons. The number of H-pyrrole nitrogens is 1. The fourth-order valence-corrected chi connectivity index (χ4v) is 2.78. The van der Waals surface area contributed by atoms with Crippen LogP contribution >= 0.6 is 0 Å².